The van der Waals surface area contributed by atoms with Crippen molar-refractivity contribution in [2.45, 2.75) is 57.9 Å². The van der Waals surface area contributed by atoms with E-state index in [0.717, 1.165) is 25.7 Å². The third-order valence-corrected chi connectivity index (χ3v) is 4.64. The molecule has 19 heavy (non-hydrogen) atoms. The molecule has 0 aromatic carbocycles. The molecule has 108 valence electrons. The molecule has 2 amide bonds. The minimum absolute atomic E-state index is 0.198. The number of urea groups is 1. The molecule has 0 saturated heterocycles. The predicted octanol–water partition coefficient (Wildman–Crippen LogP) is 2.12. The molecule has 0 aromatic rings. The third kappa shape index (κ3) is 3.19. The van der Waals surface area contributed by atoms with Gasteiger partial charge in [0.2, 0.25) is 0 Å². The molecule has 0 spiro atoms. The predicted molar refractivity (Wildman–Crippen MR) is 71.9 cm³/mol. The summed E-state index contributed by atoms with van der Waals surface area (Å²) in [6, 6.07) is -0.246. The van der Waals surface area contributed by atoms with Gasteiger partial charge in [-0.05, 0) is 45.4 Å². The largest absolute Gasteiger partial charge is 0.481 e. The van der Waals surface area contributed by atoms with Crippen LogP contribution < -0.4 is 10.6 Å². The maximum absolute atomic E-state index is 11.9. The zero-order chi connectivity index (χ0) is 14.1. The Kier molecular flexibility index (Phi) is 3.74. The summed E-state index contributed by atoms with van der Waals surface area (Å²) in [5, 5.41) is 15.0. The highest BCUT2D eigenvalue weighted by atomic mass is 16.4. The number of carbonyl (C=O) groups is 2. The van der Waals surface area contributed by atoms with E-state index in [1.807, 2.05) is 13.8 Å². The van der Waals surface area contributed by atoms with Crippen LogP contribution in [0.25, 0.3) is 0 Å². The number of rotatable bonds is 5. The smallest absolute Gasteiger partial charge is 0.315 e. The van der Waals surface area contributed by atoms with Crippen LogP contribution in [0.4, 0.5) is 4.79 Å². The summed E-state index contributed by atoms with van der Waals surface area (Å²) in [7, 11) is 0. The molecule has 0 aliphatic heterocycles. The lowest BCUT2D eigenvalue weighted by molar-refractivity contribution is -0.148. The third-order valence-electron chi connectivity index (χ3n) is 4.64. The highest BCUT2D eigenvalue weighted by molar-refractivity contribution is 5.78. The van der Waals surface area contributed by atoms with Crippen LogP contribution in [0, 0.1) is 11.3 Å². The zero-order valence-corrected chi connectivity index (χ0v) is 11.8. The summed E-state index contributed by atoms with van der Waals surface area (Å²) in [6.45, 7) is 4.27. The average molecular weight is 268 g/mol. The van der Waals surface area contributed by atoms with Crippen LogP contribution >= 0.6 is 0 Å². The van der Waals surface area contributed by atoms with Crippen molar-refractivity contribution in [3.63, 3.8) is 0 Å². The summed E-state index contributed by atoms with van der Waals surface area (Å²) < 4.78 is 0. The first-order chi connectivity index (χ1) is 8.86. The summed E-state index contributed by atoms with van der Waals surface area (Å²) in [6.07, 6.45) is 5.51. The molecule has 0 aromatic heterocycles. The Hall–Kier alpha value is -1.26. The van der Waals surface area contributed by atoms with Crippen LogP contribution in [0.15, 0.2) is 0 Å². The summed E-state index contributed by atoms with van der Waals surface area (Å²) in [5.74, 6) is -0.232. The molecule has 2 saturated carbocycles. The van der Waals surface area contributed by atoms with E-state index in [2.05, 4.69) is 10.6 Å². The van der Waals surface area contributed by atoms with E-state index >= 15 is 0 Å². The highest BCUT2D eigenvalue weighted by Gasteiger charge is 2.42. The Bertz CT molecular complexity index is 369. The van der Waals surface area contributed by atoms with Crippen molar-refractivity contribution in [1.29, 1.82) is 0 Å². The van der Waals surface area contributed by atoms with E-state index in [-0.39, 0.29) is 18.1 Å². The van der Waals surface area contributed by atoms with Gasteiger partial charge in [-0.15, -0.1) is 0 Å². The number of carbonyl (C=O) groups excluding carboxylic acids is 1. The van der Waals surface area contributed by atoms with E-state index in [0.29, 0.717) is 18.8 Å². The molecule has 0 heterocycles. The summed E-state index contributed by atoms with van der Waals surface area (Å²) >= 11 is 0. The van der Waals surface area contributed by atoms with Gasteiger partial charge in [0.25, 0.3) is 0 Å². The second-order valence-electron chi connectivity index (χ2n) is 6.60. The fourth-order valence-corrected chi connectivity index (χ4v) is 3.01. The molecule has 2 aliphatic rings. The van der Waals surface area contributed by atoms with Gasteiger partial charge < -0.3 is 15.7 Å². The molecule has 2 rings (SSSR count). The summed E-state index contributed by atoms with van der Waals surface area (Å²) in [5.41, 5.74) is -0.947. The Labute approximate surface area is 114 Å². The Morgan fingerprint density at radius 3 is 2.32 bits per heavy atom. The van der Waals surface area contributed by atoms with Crippen LogP contribution in [0.5, 0.6) is 0 Å². The SMILES string of the molecule is CC(C)(NC(=O)NCC1(C(=O)O)CCCC1)C1CC1. The second-order valence-corrected chi connectivity index (χ2v) is 6.60. The Morgan fingerprint density at radius 1 is 1.26 bits per heavy atom. The van der Waals surface area contributed by atoms with E-state index in [1.54, 1.807) is 0 Å². The lowest BCUT2D eigenvalue weighted by atomic mass is 9.86. The van der Waals surface area contributed by atoms with Crippen LogP contribution in [-0.4, -0.2) is 29.2 Å². The fourth-order valence-electron chi connectivity index (χ4n) is 3.01. The standard InChI is InChI=1S/C14H24N2O3/c1-13(2,10-5-6-10)16-12(19)15-9-14(11(17)18)7-3-4-8-14/h10H,3-9H2,1-2H3,(H,17,18)(H2,15,16,19). The zero-order valence-electron chi connectivity index (χ0n) is 11.8. The highest BCUT2D eigenvalue weighted by Crippen LogP contribution is 2.39. The van der Waals surface area contributed by atoms with Gasteiger partial charge in [0, 0.05) is 12.1 Å². The number of carboxylic acid groups (broad SMARTS) is 1. The quantitative estimate of drug-likeness (QED) is 0.714. The van der Waals surface area contributed by atoms with Crippen molar-refractivity contribution in [2.75, 3.05) is 6.54 Å². The van der Waals surface area contributed by atoms with Gasteiger partial charge in [0.15, 0.2) is 0 Å². The van der Waals surface area contributed by atoms with Crippen molar-refractivity contribution in [1.82, 2.24) is 10.6 Å². The Balaban J connectivity index is 1.84. The number of aliphatic carboxylic acids is 1. The van der Waals surface area contributed by atoms with Gasteiger partial charge in [-0.1, -0.05) is 12.8 Å². The first-order valence-corrected chi connectivity index (χ1v) is 7.15. The van der Waals surface area contributed by atoms with Gasteiger partial charge >= 0.3 is 12.0 Å². The van der Waals surface area contributed by atoms with Gasteiger partial charge in [0.05, 0.1) is 5.41 Å². The molecular formula is C14H24N2O3. The minimum atomic E-state index is -0.785. The lowest BCUT2D eigenvalue weighted by Gasteiger charge is -2.28. The molecule has 0 unspecified atom stereocenters. The van der Waals surface area contributed by atoms with Crippen molar-refractivity contribution in [2.24, 2.45) is 11.3 Å². The van der Waals surface area contributed by atoms with Crippen LogP contribution in [0.1, 0.15) is 52.4 Å². The van der Waals surface area contributed by atoms with Crippen molar-refractivity contribution in [3.8, 4) is 0 Å². The molecule has 0 radical (unpaired) electrons. The molecule has 0 bridgehead atoms. The molecule has 3 N–H and O–H groups in total. The maximum atomic E-state index is 11.9. The molecule has 0 atom stereocenters. The molecule has 5 nitrogen and oxygen atoms in total. The average Bonchev–Trinajstić information content (AvgIpc) is 3.06. The first kappa shape index (κ1) is 14.2. The van der Waals surface area contributed by atoms with Gasteiger partial charge in [-0.2, -0.15) is 0 Å². The second kappa shape index (κ2) is 5.02. The van der Waals surface area contributed by atoms with Crippen molar-refractivity contribution in [3.05, 3.63) is 0 Å². The maximum Gasteiger partial charge on any atom is 0.315 e. The fraction of sp³-hybridized carbons (Fsp3) is 0.857. The lowest BCUT2D eigenvalue weighted by Crippen LogP contribution is -2.52. The summed E-state index contributed by atoms with van der Waals surface area (Å²) in [4.78, 5) is 23.3. The molecule has 5 heteroatoms. The molecular weight excluding hydrogens is 244 g/mol. The van der Waals surface area contributed by atoms with Crippen LogP contribution in [0.3, 0.4) is 0 Å². The normalized spacial score (nSPS) is 22.0. The van der Waals surface area contributed by atoms with Gasteiger partial charge in [-0.25, -0.2) is 4.79 Å². The van der Waals surface area contributed by atoms with E-state index in [4.69, 9.17) is 0 Å². The van der Waals surface area contributed by atoms with E-state index in [9.17, 15) is 14.7 Å². The number of nitrogens with one attached hydrogen (secondary N) is 2. The van der Waals surface area contributed by atoms with Crippen LogP contribution in [-0.2, 0) is 4.79 Å². The monoisotopic (exact) mass is 268 g/mol. The topological polar surface area (TPSA) is 78.4 Å². The minimum Gasteiger partial charge on any atom is -0.481 e. The van der Waals surface area contributed by atoms with E-state index < -0.39 is 11.4 Å². The molecule has 2 aliphatic carbocycles. The van der Waals surface area contributed by atoms with Crippen LogP contribution in [0.2, 0.25) is 0 Å². The Morgan fingerprint density at radius 2 is 1.84 bits per heavy atom. The number of hydrogen-bond acceptors (Lipinski definition) is 2. The number of hydrogen-bond donors (Lipinski definition) is 3. The van der Waals surface area contributed by atoms with Gasteiger partial charge in [-0.3, -0.25) is 4.79 Å². The first-order valence-electron chi connectivity index (χ1n) is 7.15. The number of carboxylic acids is 1. The van der Waals surface area contributed by atoms with Gasteiger partial charge in [0.1, 0.15) is 0 Å². The van der Waals surface area contributed by atoms with Crippen molar-refractivity contribution < 1.29 is 14.7 Å². The van der Waals surface area contributed by atoms with E-state index in [1.165, 1.54) is 0 Å². The number of amides is 2. The molecule has 2 fully saturated rings. The van der Waals surface area contributed by atoms with Crippen molar-refractivity contribution >= 4 is 12.0 Å².